The van der Waals surface area contributed by atoms with E-state index in [9.17, 15) is 0 Å². The summed E-state index contributed by atoms with van der Waals surface area (Å²) < 4.78 is 7.51. The number of nitrogens with zero attached hydrogens (tertiary/aromatic N) is 5. The first-order valence-corrected chi connectivity index (χ1v) is 9.56. The number of hydrogen-bond acceptors (Lipinski definition) is 5. The Labute approximate surface area is 160 Å². The third kappa shape index (κ3) is 5.87. The number of guanidine groups is 1. The lowest BCUT2D eigenvalue weighted by Gasteiger charge is -2.34. The molecule has 1 saturated heterocycles. The maximum atomic E-state index is 5.66. The van der Waals surface area contributed by atoms with Crippen molar-refractivity contribution in [2.75, 3.05) is 37.7 Å². The van der Waals surface area contributed by atoms with Crippen molar-refractivity contribution in [2.45, 2.75) is 25.8 Å². The Hall–Kier alpha value is -2.77. The zero-order chi connectivity index (χ0) is 18.9. The van der Waals surface area contributed by atoms with Crippen LogP contribution in [-0.4, -0.2) is 59.6 Å². The molecule has 8 heteroatoms. The molecule has 0 bridgehead atoms. The molecule has 3 heterocycles. The summed E-state index contributed by atoms with van der Waals surface area (Å²) >= 11 is 0. The van der Waals surface area contributed by atoms with Gasteiger partial charge in [-0.25, -0.2) is 4.99 Å². The van der Waals surface area contributed by atoms with Gasteiger partial charge in [0, 0.05) is 45.1 Å². The minimum absolute atomic E-state index is 0.357. The number of nitrogens with one attached hydrogen (secondary N) is 2. The molecule has 0 aliphatic carbocycles. The van der Waals surface area contributed by atoms with E-state index in [2.05, 4.69) is 43.7 Å². The van der Waals surface area contributed by atoms with Crippen molar-refractivity contribution in [3.05, 3.63) is 36.9 Å². The van der Waals surface area contributed by atoms with E-state index in [0.29, 0.717) is 19.2 Å². The molecule has 1 unspecified atom stereocenters. The third-order valence-electron chi connectivity index (χ3n) is 4.43. The number of aromatic nitrogens is 3. The highest BCUT2D eigenvalue weighted by molar-refractivity contribution is 5.80. The Kier molecular flexibility index (Phi) is 6.90. The zero-order valence-corrected chi connectivity index (χ0v) is 16.1. The maximum Gasteiger partial charge on any atom is 0.191 e. The van der Waals surface area contributed by atoms with Gasteiger partial charge in [0.2, 0.25) is 0 Å². The molecule has 8 nitrogen and oxygen atoms in total. The van der Waals surface area contributed by atoms with Crippen LogP contribution in [0.25, 0.3) is 0 Å². The highest BCUT2D eigenvalue weighted by Gasteiger charge is 2.21. The van der Waals surface area contributed by atoms with Crippen LogP contribution in [0.4, 0.5) is 5.69 Å². The van der Waals surface area contributed by atoms with Crippen LogP contribution < -0.4 is 20.3 Å². The number of anilines is 1. The minimum atomic E-state index is 0.357. The molecule has 2 N–H and O–H groups in total. The lowest BCUT2D eigenvalue weighted by Crippen LogP contribution is -2.51. The number of aryl methyl sites for hydroxylation is 1. The number of piperidine rings is 1. The smallest absolute Gasteiger partial charge is 0.191 e. The summed E-state index contributed by atoms with van der Waals surface area (Å²) in [6.07, 6.45) is 9.72. The van der Waals surface area contributed by atoms with Crippen LogP contribution in [0, 0.1) is 0 Å². The normalized spacial score (nSPS) is 17.6. The molecule has 3 rings (SSSR count). The second-order valence-corrected chi connectivity index (χ2v) is 6.60. The van der Waals surface area contributed by atoms with Crippen LogP contribution >= 0.6 is 0 Å². The molecule has 2 aromatic rings. The fourth-order valence-electron chi connectivity index (χ4n) is 3.17. The van der Waals surface area contributed by atoms with Crippen molar-refractivity contribution in [1.29, 1.82) is 0 Å². The van der Waals surface area contributed by atoms with E-state index in [-0.39, 0.29) is 0 Å². The highest BCUT2D eigenvalue weighted by Crippen LogP contribution is 2.18. The number of pyridine rings is 1. The van der Waals surface area contributed by atoms with Gasteiger partial charge >= 0.3 is 0 Å². The van der Waals surface area contributed by atoms with Gasteiger partial charge in [0.05, 0.1) is 24.6 Å². The number of ether oxygens (including phenoxy) is 1. The van der Waals surface area contributed by atoms with Gasteiger partial charge in [-0.3, -0.25) is 9.67 Å². The quantitative estimate of drug-likeness (QED) is 0.435. The van der Waals surface area contributed by atoms with Gasteiger partial charge in [0.1, 0.15) is 12.4 Å². The molecule has 27 heavy (non-hydrogen) atoms. The van der Waals surface area contributed by atoms with E-state index >= 15 is 0 Å². The molecule has 1 aliphatic rings. The molecule has 2 aromatic heterocycles. The zero-order valence-electron chi connectivity index (χ0n) is 16.1. The van der Waals surface area contributed by atoms with Gasteiger partial charge in [0.25, 0.3) is 0 Å². The first-order chi connectivity index (χ1) is 13.2. The minimum Gasteiger partial charge on any atom is -0.490 e. The van der Waals surface area contributed by atoms with Gasteiger partial charge in [-0.05, 0) is 31.9 Å². The van der Waals surface area contributed by atoms with Gasteiger partial charge < -0.3 is 20.3 Å². The fourth-order valence-corrected chi connectivity index (χ4v) is 3.17. The Balaban J connectivity index is 1.50. The second-order valence-electron chi connectivity index (χ2n) is 6.60. The standard InChI is InChI=1S/C19H29N7O/c1-3-21-19(22-9-11-27-18-7-4-8-20-13-18)24-16-6-5-10-26(14-16)17-12-23-25(2)15-17/h4,7-8,12-13,15-16H,3,5-6,9-11,14H2,1-2H3,(H2,21,22,24). The van der Waals surface area contributed by atoms with Crippen molar-refractivity contribution in [1.82, 2.24) is 25.4 Å². The number of aliphatic imine (C=N–C) groups is 1. The largest absolute Gasteiger partial charge is 0.490 e. The van der Waals surface area contributed by atoms with Crippen LogP contribution in [0.5, 0.6) is 5.75 Å². The van der Waals surface area contributed by atoms with E-state index in [1.54, 1.807) is 12.4 Å². The predicted molar refractivity (Wildman–Crippen MR) is 107 cm³/mol. The molecule has 0 radical (unpaired) electrons. The Bertz CT molecular complexity index is 716. The summed E-state index contributed by atoms with van der Waals surface area (Å²) in [7, 11) is 1.95. The number of hydrogen-bond donors (Lipinski definition) is 2. The van der Waals surface area contributed by atoms with E-state index in [4.69, 9.17) is 4.74 Å². The van der Waals surface area contributed by atoms with Gasteiger partial charge in [-0.1, -0.05) is 0 Å². The summed E-state index contributed by atoms with van der Waals surface area (Å²) in [5.74, 6) is 1.61. The van der Waals surface area contributed by atoms with Gasteiger partial charge in [0.15, 0.2) is 5.96 Å². The predicted octanol–water partition coefficient (Wildman–Crippen LogP) is 1.42. The topological polar surface area (TPSA) is 79.6 Å². The molecular weight excluding hydrogens is 342 g/mol. The van der Waals surface area contributed by atoms with Crippen LogP contribution in [-0.2, 0) is 7.05 Å². The van der Waals surface area contributed by atoms with Crippen LogP contribution in [0.3, 0.4) is 0 Å². The van der Waals surface area contributed by atoms with Crippen molar-refractivity contribution in [3.63, 3.8) is 0 Å². The SMILES string of the molecule is CCNC(=NCCOc1cccnc1)NC1CCCN(c2cnn(C)c2)C1. The molecule has 146 valence electrons. The van der Waals surface area contributed by atoms with E-state index in [0.717, 1.165) is 44.2 Å². The third-order valence-corrected chi connectivity index (χ3v) is 4.43. The van der Waals surface area contributed by atoms with E-state index in [1.807, 2.05) is 30.1 Å². The maximum absolute atomic E-state index is 5.66. The lowest BCUT2D eigenvalue weighted by molar-refractivity contribution is 0.327. The van der Waals surface area contributed by atoms with E-state index in [1.165, 1.54) is 5.69 Å². The summed E-state index contributed by atoms with van der Waals surface area (Å²) in [5.41, 5.74) is 1.18. The van der Waals surface area contributed by atoms with Crippen molar-refractivity contribution < 1.29 is 4.74 Å². The van der Waals surface area contributed by atoms with Crippen LogP contribution in [0.15, 0.2) is 41.9 Å². The Morgan fingerprint density at radius 1 is 1.41 bits per heavy atom. The van der Waals surface area contributed by atoms with Crippen LogP contribution in [0.2, 0.25) is 0 Å². The summed E-state index contributed by atoms with van der Waals surface area (Å²) in [5, 5.41) is 11.2. The summed E-state index contributed by atoms with van der Waals surface area (Å²) in [6.45, 7) is 6.03. The fraction of sp³-hybridized carbons (Fsp3) is 0.526. The van der Waals surface area contributed by atoms with Gasteiger partial charge in [-0.15, -0.1) is 0 Å². The molecule has 1 fully saturated rings. The van der Waals surface area contributed by atoms with Crippen molar-refractivity contribution in [2.24, 2.45) is 12.0 Å². The van der Waals surface area contributed by atoms with Crippen molar-refractivity contribution >= 4 is 11.6 Å². The van der Waals surface area contributed by atoms with Crippen LogP contribution in [0.1, 0.15) is 19.8 Å². The van der Waals surface area contributed by atoms with E-state index < -0.39 is 0 Å². The highest BCUT2D eigenvalue weighted by atomic mass is 16.5. The molecule has 0 aromatic carbocycles. The molecule has 0 saturated carbocycles. The Morgan fingerprint density at radius 2 is 2.33 bits per heavy atom. The first-order valence-electron chi connectivity index (χ1n) is 9.56. The monoisotopic (exact) mass is 371 g/mol. The second kappa shape index (κ2) is 9.80. The average molecular weight is 371 g/mol. The molecule has 0 amide bonds. The molecular formula is C19H29N7O. The molecule has 1 aliphatic heterocycles. The molecule has 0 spiro atoms. The average Bonchev–Trinajstić information content (AvgIpc) is 3.13. The molecule has 1 atom stereocenters. The first kappa shape index (κ1) is 19.0. The van der Waals surface area contributed by atoms with Crippen molar-refractivity contribution in [3.8, 4) is 5.75 Å². The summed E-state index contributed by atoms with van der Waals surface area (Å²) in [6, 6.07) is 4.12. The Morgan fingerprint density at radius 3 is 3.07 bits per heavy atom. The van der Waals surface area contributed by atoms with Gasteiger partial charge in [-0.2, -0.15) is 5.10 Å². The number of rotatable bonds is 7. The lowest BCUT2D eigenvalue weighted by atomic mass is 10.1. The summed E-state index contributed by atoms with van der Waals surface area (Å²) in [4.78, 5) is 11.1.